The lowest BCUT2D eigenvalue weighted by Crippen LogP contribution is -2.38. The van der Waals surface area contributed by atoms with E-state index in [-0.39, 0.29) is 18.0 Å². The molecule has 0 aromatic carbocycles. The quantitative estimate of drug-likeness (QED) is 0.716. The van der Waals surface area contributed by atoms with Gasteiger partial charge < -0.3 is 15.0 Å². The zero-order valence-corrected chi connectivity index (χ0v) is 9.32. The van der Waals surface area contributed by atoms with Gasteiger partial charge in [0, 0.05) is 37.3 Å². The summed E-state index contributed by atoms with van der Waals surface area (Å²) in [4.78, 5) is 38.3. The number of aromatic carboxylic acids is 1. The van der Waals surface area contributed by atoms with Crippen molar-refractivity contribution in [1.82, 2.24) is 9.88 Å². The van der Waals surface area contributed by atoms with Crippen molar-refractivity contribution >= 4 is 11.9 Å². The molecule has 1 aromatic heterocycles. The molecule has 90 valence electrons. The average molecular weight is 236 g/mol. The average Bonchev–Trinajstić information content (AvgIpc) is 2.28. The summed E-state index contributed by atoms with van der Waals surface area (Å²) < 4.78 is 0. The van der Waals surface area contributed by atoms with Crippen molar-refractivity contribution in [2.24, 2.45) is 0 Å². The highest BCUT2D eigenvalue weighted by atomic mass is 16.4. The predicted molar refractivity (Wildman–Crippen MR) is 58.8 cm³/mol. The number of carboxylic acid groups (broad SMARTS) is 1. The normalized spacial score (nSPS) is 14.3. The maximum absolute atomic E-state index is 11.9. The lowest BCUT2D eigenvalue weighted by atomic mass is 10.0. The summed E-state index contributed by atoms with van der Waals surface area (Å²) in [5, 5.41) is 8.84. The Morgan fingerprint density at radius 3 is 2.76 bits per heavy atom. The van der Waals surface area contributed by atoms with E-state index >= 15 is 0 Å². The number of H-pyrrole nitrogens is 1. The second-order valence-corrected chi connectivity index (χ2v) is 3.98. The van der Waals surface area contributed by atoms with Crippen molar-refractivity contribution in [2.75, 3.05) is 6.54 Å². The standard InChI is InChI=1S/C11H12N2O4/c1-6(14)13-3-2-9-8(5-13)10(15)7(4-12-9)11(16)17/h4H,2-3,5H2,1H3,(H,12,15)(H,16,17). The van der Waals surface area contributed by atoms with Gasteiger partial charge in [0.2, 0.25) is 11.3 Å². The molecule has 0 atom stereocenters. The first-order valence-corrected chi connectivity index (χ1v) is 5.23. The van der Waals surface area contributed by atoms with E-state index in [2.05, 4.69) is 4.98 Å². The van der Waals surface area contributed by atoms with Crippen LogP contribution in [0, 0.1) is 0 Å². The van der Waals surface area contributed by atoms with Gasteiger partial charge in [0.15, 0.2) is 0 Å². The Bertz CT molecular complexity index is 547. The fraction of sp³-hybridized carbons (Fsp3) is 0.364. The highest BCUT2D eigenvalue weighted by Crippen LogP contribution is 2.14. The molecule has 0 bridgehead atoms. The third kappa shape index (κ3) is 1.93. The third-order valence-corrected chi connectivity index (χ3v) is 2.93. The SMILES string of the molecule is CC(=O)N1CCc2[nH]cc(C(=O)O)c(=O)c2C1. The van der Waals surface area contributed by atoms with Crippen molar-refractivity contribution in [3.8, 4) is 0 Å². The first-order chi connectivity index (χ1) is 8.00. The number of carbonyl (C=O) groups excluding carboxylic acids is 1. The van der Waals surface area contributed by atoms with Crippen LogP contribution in [-0.4, -0.2) is 33.4 Å². The van der Waals surface area contributed by atoms with Crippen LogP contribution in [0.3, 0.4) is 0 Å². The fourth-order valence-electron chi connectivity index (χ4n) is 1.95. The van der Waals surface area contributed by atoms with Crippen molar-refractivity contribution < 1.29 is 14.7 Å². The number of pyridine rings is 1. The van der Waals surface area contributed by atoms with Crippen LogP contribution in [0.25, 0.3) is 0 Å². The van der Waals surface area contributed by atoms with Crippen LogP contribution < -0.4 is 5.43 Å². The minimum absolute atomic E-state index is 0.115. The van der Waals surface area contributed by atoms with Gasteiger partial charge in [0.1, 0.15) is 5.56 Å². The zero-order valence-electron chi connectivity index (χ0n) is 9.32. The van der Waals surface area contributed by atoms with E-state index in [4.69, 9.17) is 5.11 Å². The Morgan fingerprint density at radius 1 is 1.47 bits per heavy atom. The van der Waals surface area contributed by atoms with E-state index in [0.717, 1.165) is 5.69 Å². The Kier molecular flexibility index (Phi) is 2.71. The Balaban J connectivity index is 2.48. The minimum atomic E-state index is -1.26. The number of nitrogens with zero attached hydrogens (tertiary/aromatic N) is 1. The van der Waals surface area contributed by atoms with E-state index in [1.54, 1.807) is 0 Å². The summed E-state index contributed by atoms with van der Waals surface area (Å²) in [5.74, 6) is -1.37. The maximum Gasteiger partial charge on any atom is 0.341 e. The highest BCUT2D eigenvalue weighted by Gasteiger charge is 2.23. The van der Waals surface area contributed by atoms with Crippen molar-refractivity contribution in [3.05, 3.63) is 33.2 Å². The molecule has 0 saturated heterocycles. The van der Waals surface area contributed by atoms with Gasteiger partial charge in [-0.25, -0.2) is 4.79 Å². The number of carbonyl (C=O) groups is 2. The molecule has 1 aliphatic heterocycles. The molecular formula is C11H12N2O4. The Morgan fingerprint density at radius 2 is 2.18 bits per heavy atom. The van der Waals surface area contributed by atoms with Crippen LogP contribution in [0.4, 0.5) is 0 Å². The van der Waals surface area contributed by atoms with Crippen LogP contribution in [-0.2, 0) is 17.8 Å². The molecule has 0 saturated carbocycles. The number of hydrogen-bond donors (Lipinski definition) is 2. The summed E-state index contributed by atoms with van der Waals surface area (Å²) in [7, 11) is 0. The monoisotopic (exact) mass is 236 g/mol. The molecular weight excluding hydrogens is 224 g/mol. The molecule has 1 aromatic rings. The smallest absolute Gasteiger partial charge is 0.341 e. The molecule has 0 unspecified atom stereocenters. The third-order valence-electron chi connectivity index (χ3n) is 2.93. The minimum Gasteiger partial charge on any atom is -0.477 e. The van der Waals surface area contributed by atoms with E-state index in [1.165, 1.54) is 18.0 Å². The number of carboxylic acids is 1. The maximum atomic E-state index is 11.9. The van der Waals surface area contributed by atoms with Gasteiger partial charge in [0.05, 0.1) is 6.54 Å². The van der Waals surface area contributed by atoms with E-state index in [9.17, 15) is 14.4 Å². The van der Waals surface area contributed by atoms with Crippen molar-refractivity contribution in [1.29, 1.82) is 0 Å². The largest absolute Gasteiger partial charge is 0.477 e. The van der Waals surface area contributed by atoms with E-state index in [1.807, 2.05) is 0 Å². The predicted octanol–water partition coefficient (Wildman–Crippen LogP) is -0.0223. The molecule has 0 radical (unpaired) electrons. The molecule has 1 amide bonds. The second kappa shape index (κ2) is 4.04. The van der Waals surface area contributed by atoms with Gasteiger partial charge in [-0.3, -0.25) is 9.59 Å². The number of rotatable bonds is 1. The van der Waals surface area contributed by atoms with Gasteiger partial charge in [0.25, 0.3) is 0 Å². The molecule has 0 spiro atoms. The lowest BCUT2D eigenvalue weighted by Gasteiger charge is -2.27. The van der Waals surface area contributed by atoms with Gasteiger partial charge in [-0.05, 0) is 0 Å². The molecule has 2 heterocycles. The van der Waals surface area contributed by atoms with Crippen molar-refractivity contribution in [3.63, 3.8) is 0 Å². The number of aromatic nitrogens is 1. The zero-order chi connectivity index (χ0) is 12.6. The molecule has 0 aliphatic carbocycles. The summed E-state index contributed by atoms with van der Waals surface area (Å²) in [6.45, 7) is 2.16. The number of fused-ring (bicyclic) bond motifs is 1. The molecule has 2 rings (SSSR count). The van der Waals surface area contributed by atoms with E-state index in [0.29, 0.717) is 18.5 Å². The van der Waals surface area contributed by atoms with Crippen LogP contribution in [0.2, 0.25) is 0 Å². The summed E-state index contributed by atoms with van der Waals surface area (Å²) in [5.41, 5.74) is 0.315. The number of amides is 1. The molecule has 0 fully saturated rings. The molecule has 2 N–H and O–H groups in total. The fourth-order valence-corrected chi connectivity index (χ4v) is 1.95. The Labute approximate surface area is 96.9 Å². The van der Waals surface area contributed by atoms with Crippen LogP contribution >= 0.6 is 0 Å². The molecule has 17 heavy (non-hydrogen) atoms. The topological polar surface area (TPSA) is 90.5 Å². The van der Waals surface area contributed by atoms with E-state index < -0.39 is 11.4 Å². The summed E-state index contributed by atoms with van der Waals surface area (Å²) >= 11 is 0. The first kappa shape index (κ1) is 11.4. The van der Waals surface area contributed by atoms with Crippen molar-refractivity contribution in [2.45, 2.75) is 19.9 Å². The molecule has 6 heteroatoms. The second-order valence-electron chi connectivity index (χ2n) is 3.98. The van der Waals surface area contributed by atoms with Gasteiger partial charge in [-0.1, -0.05) is 0 Å². The highest BCUT2D eigenvalue weighted by molar-refractivity contribution is 5.87. The van der Waals surface area contributed by atoms with Gasteiger partial charge in [-0.15, -0.1) is 0 Å². The van der Waals surface area contributed by atoms with Crippen LogP contribution in [0.5, 0.6) is 0 Å². The van der Waals surface area contributed by atoms with Crippen LogP contribution in [0.15, 0.2) is 11.0 Å². The summed E-state index contributed by atoms with van der Waals surface area (Å²) in [6.07, 6.45) is 1.76. The number of nitrogens with one attached hydrogen (secondary N) is 1. The number of hydrogen-bond acceptors (Lipinski definition) is 3. The van der Waals surface area contributed by atoms with Gasteiger partial charge >= 0.3 is 5.97 Å². The molecule has 1 aliphatic rings. The van der Waals surface area contributed by atoms with Crippen LogP contribution in [0.1, 0.15) is 28.5 Å². The van der Waals surface area contributed by atoms with Gasteiger partial charge in [-0.2, -0.15) is 0 Å². The first-order valence-electron chi connectivity index (χ1n) is 5.23. The molecule has 6 nitrogen and oxygen atoms in total. The number of aromatic amines is 1. The lowest BCUT2D eigenvalue weighted by molar-refractivity contribution is -0.129. The Hall–Kier alpha value is -2.11. The summed E-state index contributed by atoms with van der Waals surface area (Å²) in [6, 6.07) is 0.